The number of hydrogen-bond donors (Lipinski definition) is 0. The molecule has 12 nitrogen and oxygen atoms in total. The van der Waals surface area contributed by atoms with Gasteiger partial charge in [0.15, 0.2) is 23.0 Å². The van der Waals surface area contributed by atoms with Crippen molar-refractivity contribution in [2.75, 3.05) is 99.5 Å². The number of benzene rings is 3. The van der Waals surface area contributed by atoms with Crippen molar-refractivity contribution in [3.63, 3.8) is 0 Å². The standard InChI is InChI=1S/C40H53N5O7/c1-7-52-26-25-45-32-12-9-8-11-31(32)41-39(45)43-20-10-19-42(23-24-43)21-17-40(29-13-15-33(47-2)35(27-29)49-4)18-22-44(28-40)38(46)30-14-16-34(48-3)37(51-6)36(30)50-5/h8-9,11-16,27H,7,10,17-26,28H2,1-6H3. The third-order valence-electron chi connectivity index (χ3n) is 10.6. The van der Waals surface area contributed by atoms with E-state index in [0.717, 1.165) is 81.1 Å². The number of nitrogens with zero attached hydrogens (tertiary/aromatic N) is 5. The van der Waals surface area contributed by atoms with Gasteiger partial charge in [-0.2, -0.15) is 0 Å². The predicted molar refractivity (Wildman–Crippen MR) is 202 cm³/mol. The molecule has 0 radical (unpaired) electrons. The second-order valence-corrected chi connectivity index (χ2v) is 13.4. The lowest BCUT2D eigenvalue weighted by atomic mass is 9.76. The molecule has 3 heterocycles. The van der Waals surface area contributed by atoms with E-state index in [9.17, 15) is 4.79 Å². The number of fused-ring (bicyclic) bond motifs is 1. The maximum absolute atomic E-state index is 14.2. The van der Waals surface area contributed by atoms with Crippen molar-refractivity contribution >= 4 is 22.9 Å². The second kappa shape index (κ2) is 16.8. The summed E-state index contributed by atoms with van der Waals surface area (Å²) in [6.07, 6.45) is 2.72. The van der Waals surface area contributed by atoms with Gasteiger partial charge in [-0.1, -0.05) is 18.2 Å². The van der Waals surface area contributed by atoms with Crippen LogP contribution in [-0.2, 0) is 16.7 Å². The summed E-state index contributed by atoms with van der Waals surface area (Å²) >= 11 is 0. The van der Waals surface area contributed by atoms with Gasteiger partial charge in [-0.25, -0.2) is 4.98 Å². The highest BCUT2D eigenvalue weighted by Gasteiger charge is 2.43. The van der Waals surface area contributed by atoms with Gasteiger partial charge in [-0.05, 0) is 81.2 Å². The van der Waals surface area contributed by atoms with Crippen molar-refractivity contribution in [3.8, 4) is 28.7 Å². The van der Waals surface area contributed by atoms with Crippen molar-refractivity contribution in [1.29, 1.82) is 0 Å². The molecule has 2 saturated heterocycles. The number of anilines is 1. The number of carbonyl (C=O) groups excluding carboxylic acids is 1. The number of imidazole rings is 1. The van der Waals surface area contributed by atoms with Crippen molar-refractivity contribution in [2.24, 2.45) is 0 Å². The minimum Gasteiger partial charge on any atom is -0.493 e. The topological polar surface area (TPSA) is 100.0 Å². The lowest BCUT2D eigenvalue weighted by molar-refractivity contribution is 0.0776. The van der Waals surface area contributed by atoms with Crippen LogP contribution in [0.3, 0.4) is 0 Å². The fourth-order valence-electron chi connectivity index (χ4n) is 7.83. The van der Waals surface area contributed by atoms with Gasteiger partial charge in [0.05, 0.1) is 58.8 Å². The number of rotatable bonds is 15. The molecule has 0 aliphatic carbocycles. The molecular weight excluding hydrogens is 662 g/mol. The average molecular weight is 716 g/mol. The van der Waals surface area contributed by atoms with Crippen LogP contribution in [0.15, 0.2) is 54.6 Å². The third-order valence-corrected chi connectivity index (χ3v) is 10.6. The molecule has 1 aromatic heterocycles. The summed E-state index contributed by atoms with van der Waals surface area (Å²) < 4.78 is 36.2. The van der Waals surface area contributed by atoms with Crippen LogP contribution < -0.4 is 28.6 Å². The first-order chi connectivity index (χ1) is 25.4. The zero-order valence-corrected chi connectivity index (χ0v) is 31.5. The molecule has 2 aliphatic rings. The second-order valence-electron chi connectivity index (χ2n) is 13.4. The molecule has 1 atom stereocenters. The van der Waals surface area contributed by atoms with Crippen LogP contribution in [0.5, 0.6) is 28.7 Å². The zero-order valence-electron chi connectivity index (χ0n) is 31.5. The Morgan fingerprint density at radius 2 is 1.56 bits per heavy atom. The molecule has 1 unspecified atom stereocenters. The highest BCUT2D eigenvalue weighted by atomic mass is 16.5. The number of para-hydroxylation sites is 2. The number of likely N-dealkylation sites (tertiary alicyclic amines) is 1. The summed E-state index contributed by atoms with van der Waals surface area (Å²) in [5.74, 6) is 3.57. The summed E-state index contributed by atoms with van der Waals surface area (Å²) in [5.41, 5.74) is 3.44. The Morgan fingerprint density at radius 3 is 2.31 bits per heavy atom. The van der Waals surface area contributed by atoms with E-state index in [4.69, 9.17) is 33.4 Å². The molecule has 4 aromatic rings. The smallest absolute Gasteiger partial charge is 0.257 e. The summed E-state index contributed by atoms with van der Waals surface area (Å²) in [4.78, 5) is 26.2. The Kier molecular flexibility index (Phi) is 12.0. The number of aromatic nitrogens is 2. The Bertz CT molecular complexity index is 1830. The third kappa shape index (κ3) is 7.45. The minimum absolute atomic E-state index is 0.0993. The van der Waals surface area contributed by atoms with Crippen molar-refractivity contribution in [3.05, 3.63) is 65.7 Å². The SMILES string of the molecule is CCOCCn1c(N2CCCN(CCC3(c4ccc(OC)c(OC)c4)CCN(C(=O)c4ccc(OC)c(OC)c4OC)C3)CC2)nc2ccccc21. The van der Waals surface area contributed by atoms with Crippen LogP contribution in [0, 0.1) is 0 Å². The predicted octanol–water partition coefficient (Wildman–Crippen LogP) is 5.50. The van der Waals surface area contributed by atoms with E-state index in [1.807, 2.05) is 24.0 Å². The molecule has 0 saturated carbocycles. The lowest BCUT2D eigenvalue weighted by Crippen LogP contribution is -2.39. The van der Waals surface area contributed by atoms with Crippen LogP contribution >= 0.6 is 0 Å². The molecule has 0 bridgehead atoms. The highest BCUT2D eigenvalue weighted by molar-refractivity contribution is 5.98. The van der Waals surface area contributed by atoms with E-state index in [1.54, 1.807) is 47.7 Å². The Labute approximate surface area is 307 Å². The molecule has 280 valence electrons. The van der Waals surface area contributed by atoms with Crippen molar-refractivity contribution < 1.29 is 33.2 Å². The van der Waals surface area contributed by atoms with E-state index >= 15 is 0 Å². The lowest BCUT2D eigenvalue weighted by Gasteiger charge is -2.33. The first-order valence-electron chi connectivity index (χ1n) is 18.2. The average Bonchev–Trinajstić information content (AvgIpc) is 3.70. The van der Waals surface area contributed by atoms with Gasteiger partial charge < -0.3 is 47.7 Å². The molecule has 2 fully saturated rings. The molecule has 2 aliphatic heterocycles. The van der Waals surface area contributed by atoms with E-state index in [0.29, 0.717) is 60.6 Å². The molecule has 52 heavy (non-hydrogen) atoms. The van der Waals surface area contributed by atoms with Gasteiger partial charge in [0.2, 0.25) is 11.7 Å². The molecule has 3 aromatic carbocycles. The molecule has 1 amide bonds. The quantitative estimate of drug-likeness (QED) is 0.147. The summed E-state index contributed by atoms with van der Waals surface area (Å²) in [6.45, 7) is 9.93. The summed E-state index contributed by atoms with van der Waals surface area (Å²) in [7, 11) is 7.98. The van der Waals surface area contributed by atoms with E-state index in [-0.39, 0.29) is 11.3 Å². The van der Waals surface area contributed by atoms with Crippen LogP contribution in [-0.4, -0.2) is 120 Å². The van der Waals surface area contributed by atoms with Gasteiger partial charge in [0.1, 0.15) is 0 Å². The molecule has 0 spiro atoms. The normalized spacial score (nSPS) is 18.0. The zero-order chi connectivity index (χ0) is 36.7. The van der Waals surface area contributed by atoms with Crippen LogP contribution in [0.1, 0.15) is 42.1 Å². The molecular formula is C40H53N5O7. The Balaban J connectivity index is 1.22. The van der Waals surface area contributed by atoms with Crippen LogP contribution in [0.25, 0.3) is 11.0 Å². The van der Waals surface area contributed by atoms with Crippen LogP contribution in [0.2, 0.25) is 0 Å². The van der Waals surface area contributed by atoms with Gasteiger partial charge in [-0.15, -0.1) is 0 Å². The van der Waals surface area contributed by atoms with Gasteiger partial charge in [0, 0.05) is 51.3 Å². The van der Waals surface area contributed by atoms with Gasteiger partial charge >= 0.3 is 0 Å². The van der Waals surface area contributed by atoms with Crippen LogP contribution in [0.4, 0.5) is 5.95 Å². The first-order valence-corrected chi connectivity index (χ1v) is 18.2. The Hall–Kier alpha value is -4.68. The number of carbonyl (C=O) groups is 1. The largest absolute Gasteiger partial charge is 0.493 e. The van der Waals surface area contributed by atoms with E-state index in [2.05, 4.69) is 44.7 Å². The highest BCUT2D eigenvalue weighted by Crippen LogP contribution is 2.44. The minimum atomic E-state index is -0.293. The molecule has 6 rings (SSSR count). The van der Waals surface area contributed by atoms with Crippen molar-refractivity contribution in [1.82, 2.24) is 19.4 Å². The number of hydrogen-bond acceptors (Lipinski definition) is 10. The Morgan fingerprint density at radius 1 is 0.788 bits per heavy atom. The maximum atomic E-state index is 14.2. The first kappa shape index (κ1) is 37.1. The van der Waals surface area contributed by atoms with Gasteiger partial charge in [0.25, 0.3) is 5.91 Å². The fraction of sp³-hybridized carbons (Fsp3) is 0.500. The number of methoxy groups -OCH3 is 5. The van der Waals surface area contributed by atoms with Crippen molar-refractivity contribution in [2.45, 2.75) is 38.1 Å². The fourth-order valence-corrected chi connectivity index (χ4v) is 7.83. The summed E-state index contributed by atoms with van der Waals surface area (Å²) in [5, 5.41) is 0. The number of ether oxygens (including phenoxy) is 6. The monoisotopic (exact) mass is 715 g/mol. The van der Waals surface area contributed by atoms with Gasteiger partial charge in [-0.3, -0.25) is 4.79 Å². The number of amides is 1. The molecule has 12 heteroatoms. The van der Waals surface area contributed by atoms with E-state index < -0.39 is 0 Å². The molecule has 0 N–H and O–H groups in total. The summed E-state index contributed by atoms with van der Waals surface area (Å²) in [6, 6.07) is 18.0. The van der Waals surface area contributed by atoms with E-state index in [1.165, 1.54) is 0 Å². The maximum Gasteiger partial charge on any atom is 0.257 e.